The molecule has 0 unspecified atom stereocenters. The van der Waals surface area contributed by atoms with Gasteiger partial charge in [0.1, 0.15) is 17.6 Å². The molecule has 4 heteroatoms. The largest absolute Gasteiger partial charge is 0.390 e. The van der Waals surface area contributed by atoms with E-state index in [9.17, 15) is 0 Å². The van der Waals surface area contributed by atoms with E-state index in [1.54, 1.807) is 0 Å². The number of fused-ring (bicyclic) bond motifs is 1. The summed E-state index contributed by atoms with van der Waals surface area (Å²) >= 11 is 0. The van der Waals surface area contributed by atoms with E-state index in [0.29, 0.717) is 6.61 Å². The number of hydrogen-bond donors (Lipinski definition) is 0. The number of aromatic nitrogens is 3. The van der Waals surface area contributed by atoms with Crippen molar-refractivity contribution in [2.45, 2.75) is 6.61 Å². The molecule has 0 saturated heterocycles. The predicted molar refractivity (Wildman–Crippen MR) is 99.8 cm³/mol. The van der Waals surface area contributed by atoms with Crippen molar-refractivity contribution in [3.63, 3.8) is 0 Å². The zero-order valence-corrected chi connectivity index (χ0v) is 13.7. The molecule has 0 aliphatic carbocycles. The minimum absolute atomic E-state index is 0.422. The first kappa shape index (κ1) is 15.1. The minimum Gasteiger partial charge on any atom is -0.390 e. The Morgan fingerprint density at radius 3 is 2.48 bits per heavy atom. The van der Waals surface area contributed by atoms with E-state index in [1.165, 1.54) is 4.85 Å². The fraction of sp³-hybridized carbons (Fsp3) is 0.0476. The molecule has 0 aliphatic rings. The van der Waals surface area contributed by atoms with Crippen LogP contribution >= 0.6 is 0 Å². The Morgan fingerprint density at radius 1 is 0.920 bits per heavy atom. The Hall–Kier alpha value is -3.40. The Morgan fingerprint density at radius 2 is 1.72 bits per heavy atom. The molecule has 0 aliphatic heterocycles. The molecule has 0 atom stereocenters. The van der Waals surface area contributed by atoms with Gasteiger partial charge in [0.05, 0.1) is 0 Å². The summed E-state index contributed by atoms with van der Waals surface area (Å²) in [6.07, 6.45) is 1.82. The van der Waals surface area contributed by atoms with Crippen molar-refractivity contribution in [2.75, 3.05) is 0 Å². The Balaban J connectivity index is 1.61. The van der Waals surface area contributed by atoms with Crippen LogP contribution in [-0.2, 0) is 6.61 Å². The van der Waals surface area contributed by atoms with Gasteiger partial charge in [0.2, 0.25) is 0 Å². The molecule has 1 heterocycles. The molecule has 0 bridgehead atoms. The van der Waals surface area contributed by atoms with Crippen LogP contribution < -0.4 is 4.84 Å². The van der Waals surface area contributed by atoms with Crippen LogP contribution in [0.4, 0.5) is 0 Å². The number of benzene rings is 3. The van der Waals surface area contributed by atoms with Crippen LogP contribution in [-0.4, -0.2) is 15.2 Å². The molecule has 0 fully saturated rings. The third kappa shape index (κ3) is 3.02. The highest BCUT2D eigenvalue weighted by molar-refractivity contribution is 5.91. The standard InChI is InChI=1S/C21H17N3O/c1-2-16-11-13-17(14-12-16)15-25-24-20-10-6-9-19(21(20)22-23-24)18-7-4-3-5-8-18/h2-14H,1,15H2. The maximum atomic E-state index is 5.83. The second-order valence-electron chi connectivity index (χ2n) is 5.72. The van der Waals surface area contributed by atoms with E-state index in [-0.39, 0.29) is 0 Å². The van der Waals surface area contributed by atoms with E-state index in [0.717, 1.165) is 33.3 Å². The molecule has 25 heavy (non-hydrogen) atoms. The van der Waals surface area contributed by atoms with Crippen LogP contribution in [0.15, 0.2) is 79.4 Å². The molecule has 4 nitrogen and oxygen atoms in total. The monoisotopic (exact) mass is 327 g/mol. The van der Waals surface area contributed by atoms with Gasteiger partial charge in [-0.05, 0) is 28.0 Å². The first-order chi connectivity index (χ1) is 12.3. The third-order valence-electron chi connectivity index (χ3n) is 4.10. The summed E-state index contributed by atoms with van der Waals surface area (Å²) in [6.45, 7) is 4.18. The summed E-state index contributed by atoms with van der Waals surface area (Å²) in [4.78, 5) is 7.32. The van der Waals surface area contributed by atoms with Crippen molar-refractivity contribution in [2.24, 2.45) is 0 Å². The van der Waals surface area contributed by atoms with Crippen LogP contribution in [0.3, 0.4) is 0 Å². The fourth-order valence-electron chi connectivity index (χ4n) is 2.76. The molecule has 4 aromatic rings. The van der Waals surface area contributed by atoms with Crippen LogP contribution in [0.5, 0.6) is 0 Å². The van der Waals surface area contributed by atoms with Crippen LogP contribution in [0.25, 0.3) is 28.2 Å². The fourth-order valence-corrected chi connectivity index (χ4v) is 2.76. The van der Waals surface area contributed by atoms with Gasteiger partial charge in [-0.2, -0.15) is 0 Å². The van der Waals surface area contributed by atoms with Crippen LogP contribution in [0.2, 0.25) is 0 Å². The highest BCUT2D eigenvalue weighted by Gasteiger charge is 2.11. The Labute approximate surface area is 145 Å². The Bertz CT molecular complexity index is 1000. The SMILES string of the molecule is C=Cc1ccc(COn2nnc3c(-c4ccccc4)cccc32)cc1. The lowest BCUT2D eigenvalue weighted by Gasteiger charge is -2.06. The zero-order chi connectivity index (χ0) is 17.1. The lowest BCUT2D eigenvalue weighted by molar-refractivity contribution is 0.0752. The summed E-state index contributed by atoms with van der Waals surface area (Å²) in [5.41, 5.74) is 5.99. The highest BCUT2D eigenvalue weighted by Crippen LogP contribution is 2.26. The average Bonchev–Trinajstić information content (AvgIpc) is 3.10. The van der Waals surface area contributed by atoms with Crippen LogP contribution in [0.1, 0.15) is 11.1 Å². The second kappa shape index (κ2) is 6.61. The second-order valence-corrected chi connectivity index (χ2v) is 5.72. The van der Waals surface area contributed by atoms with E-state index in [2.05, 4.69) is 29.0 Å². The van der Waals surface area contributed by atoms with Gasteiger partial charge in [-0.1, -0.05) is 84.2 Å². The Kier molecular flexibility index (Phi) is 4.01. The molecule has 0 amide bonds. The first-order valence-corrected chi connectivity index (χ1v) is 8.10. The van der Waals surface area contributed by atoms with E-state index in [1.807, 2.05) is 66.7 Å². The third-order valence-corrected chi connectivity index (χ3v) is 4.10. The van der Waals surface area contributed by atoms with Crippen molar-refractivity contribution in [3.05, 3.63) is 90.5 Å². The quantitative estimate of drug-likeness (QED) is 0.546. The lowest BCUT2D eigenvalue weighted by atomic mass is 10.0. The molecule has 0 N–H and O–H groups in total. The number of nitrogens with zero attached hydrogens (tertiary/aromatic N) is 3. The summed E-state index contributed by atoms with van der Waals surface area (Å²) < 4.78 is 0. The van der Waals surface area contributed by atoms with Crippen molar-refractivity contribution in [1.82, 2.24) is 15.2 Å². The summed E-state index contributed by atoms with van der Waals surface area (Å²) in [7, 11) is 0. The van der Waals surface area contributed by atoms with E-state index in [4.69, 9.17) is 4.84 Å². The van der Waals surface area contributed by atoms with Crippen molar-refractivity contribution >= 4 is 17.1 Å². The van der Waals surface area contributed by atoms with Crippen molar-refractivity contribution < 1.29 is 4.84 Å². The van der Waals surface area contributed by atoms with Gasteiger partial charge in [0.25, 0.3) is 0 Å². The highest BCUT2D eigenvalue weighted by atomic mass is 16.7. The molecule has 4 rings (SSSR count). The molecule has 122 valence electrons. The normalized spacial score (nSPS) is 10.7. The zero-order valence-electron chi connectivity index (χ0n) is 13.7. The van der Waals surface area contributed by atoms with Gasteiger partial charge >= 0.3 is 0 Å². The number of rotatable bonds is 5. The number of hydrogen-bond acceptors (Lipinski definition) is 3. The average molecular weight is 327 g/mol. The summed E-state index contributed by atoms with van der Waals surface area (Å²) in [5.74, 6) is 0. The lowest BCUT2D eigenvalue weighted by Crippen LogP contribution is -2.12. The van der Waals surface area contributed by atoms with Crippen LogP contribution in [0, 0.1) is 0 Å². The van der Waals surface area contributed by atoms with Gasteiger partial charge in [0.15, 0.2) is 0 Å². The summed E-state index contributed by atoms with van der Waals surface area (Å²) in [6, 6.07) is 24.2. The van der Waals surface area contributed by atoms with Gasteiger partial charge in [-0.3, -0.25) is 0 Å². The van der Waals surface area contributed by atoms with Gasteiger partial charge in [0, 0.05) is 5.56 Å². The van der Waals surface area contributed by atoms with Crippen molar-refractivity contribution in [1.29, 1.82) is 0 Å². The van der Waals surface area contributed by atoms with Crippen molar-refractivity contribution in [3.8, 4) is 11.1 Å². The maximum Gasteiger partial charge on any atom is 0.142 e. The van der Waals surface area contributed by atoms with Gasteiger partial charge < -0.3 is 4.84 Å². The molecule has 0 spiro atoms. The molecular weight excluding hydrogens is 310 g/mol. The molecule has 1 aromatic heterocycles. The molecular formula is C21H17N3O. The maximum absolute atomic E-state index is 5.83. The van der Waals surface area contributed by atoms with E-state index >= 15 is 0 Å². The smallest absolute Gasteiger partial charge is 0.142 e. The summed E-state index contributed by atoms with van der Waals surface area (Å²) in [5, 5.41) is 8.47. The predicted octanol–water partition coefficient (Wildman–Crippen LogP) is 4.37. The molecule has 0 radical (unpaired) electrons. The van der Waals surface area contributed by atoms with E-state index < -0.39 is 0 Å². The van der Waals surface area contributed by atoms with Gasteiger partial charge in [-0.15, -0.1) is 5.10 Å². The van der Waals surface area contributed by atoms with Gasteiger partial charge in [-0.25, -0.2) is 0 Å². The molecule has 0 saturated carbocycles. The topological polar surface area (TPSA) is 39.9 Å². The minimum atomic E-state index is 0.422. The molecule has 3 aromatic carbocycles. The first-order valence-electron chi connectivity index (χ1n) is 8.10.